The van der Waals surface area contributed by atoms with Gasteiger partial charge in [0.1, 0.15) is 12.7 Å². The smallest absolute Gasteiger partial charge is 0.137 e. The Morgan fingerprint density at radius 2 is 2.15 bits per heavy atom. The second kappa shape index (κ2) is 6.48. The van der Waals surface area contributed by atoms with Crippen LogP contribution in [0, 0.1) is 0 Å². The fraction of sp³-hybridized carbons (Fsp3) is 0.375. The molecule has 4 nitrogen and oxygen atoms in total. The average Bonchev–Trinajstić information content (AvgIpc) is 3.13. The van der Waals surface area contributed by atoms with Gasteiger partial charge in [-0.1, -0.05) is 42.5 Å². The second-order valence-corrected chi connectivity index (χ2v) is 5.22. The molecule has 1 saturated heterocycles. The summed E-state index contributed by atoms with van der Waals surface area (Å²) in [7, 11) is 0. The van der Waals surface area contributed by atoms with E-state index in [0.29, 0.717) is 6.04 Å². The minimum Gasteiger partial charge on any atom is -0.295 e. The number of likely N-dealkylation sites (tertiary alicyclic amines) is 1. The van der Waals surface area contributed by atoms with Crippen LogP contribution in [0.2, 0.25) is 0 Å². The van der Waals surface area contributed by atoms with Crippen LogP contribution in [0.15, 0.2) is 49.1 Å². The van der Waals surface area contributed by atoms with Gasteiger partial charge in [0.05, 0.1) is 6.54 Å². The van der Waals surface area contributed by atoms with Crippen LogP contribution in [-0.2, 0) is 6.54 Å². The van der Waals surface area contributed by atoms with Crippen molar-refractivity contribution in [2.45, 2.75) is 25.4 Å². The highest BCUT2D eigenvalue weighted by Crippen LogP contribution is 2.18. The Bertz CT molecular complexity index is 533. The lowest BCUT2D eigenvalue weighted by atomic mass is 10.2. The molecule has 0 bridgehead atoms. The molecular weight excluding hydrogens is 248 g/mol. The first-order valence-electron chi connectivity index (χ1n) is 7.20. The van der Waals surface area contributed by atoms with Crippen molar-refractivity contribution in [3.63, 3.8) is 0 Å². The van der Waals surface area contributed by atoms with E-state index in [1.165, 1.54) is 24.9 Å². The van der Waals surface area contributed by atoms with Crippen molar-refractivity contribution in [2.75, 3.05) is 13.1 Å². The Morgan fingerprint density at radius 1 is 1.25 bits per heavy atom. The van der Waals surface area contributed by atoms with Gasteiger partial charge in [-0.15, -0.1) is 0 Å². The molecule has 0 spiro atoms. The van der Waals surface area contributed by atoms with Crippen molar-refractivity contribution in [3.05, 3.63) is 54.6 Å². The molecule has 0 amide bonds. The van der Waals surface area contributed by atoms with Crippen LogP contribution in [0.25, 0.3) is 6.08 Å². The van der Waals surface area contributed by atoms with Gasteiger partial charge in [0.2, 0.25) is 0 Å². The summed E-state index contributed by atoms with van der Waals surface area (Å²) >= 11 is 0. The highest BCUT2D eigenvalue weighted by molar-refractivity contribution is 5.48. The number of rotatable bonds is 5. The first-order valence-corrected chi connectivity index (χ1v) is 7.20. The van der Waals surface area contributed by atoms with Crippen molar-refractivity contribution in [3.8, 4) is 0 Å². The van der Waals surface area contributed by atoms with Crippen LogP contribution < -0.4 is 0 Å². The lowest BCUT2D eigenvalue weighted by molar-refractivity contribution is 0.249. The van der Waals surface area contributed by atoms with Crippen molar-refractivity contribution in [1.29, 1.82) is 0 Å². The third kappa shape index (κ3) is 3.33. The summed E-state index contributed by atoms with van der Waals surface area (Å²) in [6.45, 7) is 3.13. The van der Waals surface area contributed by atoms with E-state index in [0.717, 1.165) is 13.1 Å². The van der Waals surface area contributed by atoms with E-state index in [1.54, 1.807) is 12.7 Å². The van der Waals surface area contributed by atoms with Crippen molar-refractivity contribution < 1.29 is 0 Å². The minimum absolute atomic E-state index is 0.581. The maximum absolute atomic E-state index is 4.20. The van der Waals surface area contributed by atoms with Crippen LogP contribution >= 0.6 is 0 Å². The van der Waals surface area contributed by atoms with E-state index in [2.05, 4.69) is 51.4 Å². The van der Waals surface area contributed by atoms with Crippen molar-refractivity contribution in [2.24, 2.45) is 0 Å². The molecule has 0 radical (unpaired) electrons. The van der Waals surface area contributed by atoms with E-state index in [9.17, 15) is 0 Å². The molecule has 1 aromatic heterocycles. The summed E-state index contributed by atoms with van der Waals surface area (Å²) in [5.41, 5.74) is 1.26. The van der Waals surface area contributed by atoms with E-state index < -0.39 is 0 Å². The third-order valence-corrected chi connectivity index (χ3v) is 3.81. The summed E-state index contributed by atoms with van der Waals surface area (Å²) in [5, 5.41) is 4.20. The van der Waals surface area contributed by atoms with Gasteiger partial charge >= 0.3 is 0 Å². The highest BCUT2D eigenvalue weighted by atomic mass is 15.3. The summed E-state index contributed by atoms with van der Waals surface area (Å²) in [6.07, 6.45) is 10.4. The zero-order valence-electron chi connectivity index (χ0n) is 11.6. The zero-order chi connectivity index (χ0) is 13.6. The fourth-order valence-corrected chi connectivity index (χ4v) is 2.77. The van der Waals surface area contributed by atoms with Crippen LogP contribution in [0.5, 0.6) is 0 Å². The number of hydrogen-bond acceptors (Lipinski definition) is 3. The Balaban J connectivity index is 1.55. The number of aromatic nitrogens is 3. The van der Waals surface area contributed by atoms with Gasteiger partial charge in [-0.2, -0.15) is 5.10 Å². The SMILES string of the molecule is C(=C\c1ccccc1)/CN1CCCC1Cn1cncn1. The molecule has 4 heteroatoms. The molecule has 1 unspecified atom stereocenters. The molecule has 0 aliphatic carbocycles. The summed E-state index contributed by atoms with van der Waals surface area (Å²) in [4.78, 5) is 6.54. The van der Waals surface area contributed by atoms with Crippen molar-refractivity contribution >= 4 is 6.08 Å². The van der Waals surface area contributed by atoms with E-state index in [-0.39, 0.29) is 0 Å². The standard InChI is InChI=1S/C16H20N4/c1-2-6-15(7-3-1)8-4-10-19-11-5-9-16(19)12-20-14-17-13-18-20/h1-4,6-8,13-14,16H,5,9-12H2/b8-4+. The normalized spacial score (nSPS) is 19.9. The largest absolute Gasteiger partial charge is 0.295 e. The highest BCUT2D eigenvalue weighted by Gasteiger charge is 2.23. The minimum atomic E-state index is 0.581. The maximum atomic E-state index is 4.20. The molecule has 0 saturated carbocycles. The van der Waals surface area contributed by atoms with Gasteiger partial charge in [0, 0.05) is 12.6 Å². The molecule has 1 fully saturated rings. The summed E-state index contributed by atoms with van der Waals surface area (Å²) in [6, 6.07) is 11.0. The first-order chi connectivity index (χ1) is 9.92. The van der Waals surface area contributed by atoms with Gasteiger partial charge in [-0.25, -0.2) is 4.98 Å². The van der Waals surface area contributed by atoms with E-state index in [4.69, 9.17) is 0 Å². The molecule has 1 aliphatic heterocycles. The fourth-order valence-electron chi connectivity index (χ4n) is 2.77. The molecule has 1 atom stereocenters. The number of benzene rings is 1. The van der Waals surface area contributed by atoms with Gasteiger partial charge in [-0.05, 0) is 24.9 Å². The first kappa shape index (κ1) is 13.1. The van der Waals surface area contributed by atoms with Gasteiger partial charge < -0.3 is 0 Å². The molecule has 1 aromatic carbocycles. The van der Waals surface area contributed by atoms with Crippen LogP contribution in [-0.4, -0.2) is 38.8 Å². The molecule has 2 aromatic rings. The Kier molecular flexibility index (Phi) is 4.23. The van der Waals surface area contributed by atoms with Gasteiger partial charge in [0.25, 0.3) is 0 Å². The predicted molar refractivity (Wildman–Crippen MR) is 80.1 cm³/mol. The maximum Gasteiger partial charge on any atom is 0.137 e. The average molecular weight is 268 g/mol. The van der Waals surface area contributed by atoms with E-state index in [1.807, 2.05) is 10.7 Å². The Morgan fingerprint density at radius 3 is 2.95 bits per heavy atom. The Hall–Kier alpha value is -1.94. The number of nitrogens with zero attached hydrogens (tertiary/aromatic N) is 4. The van der Waals surface area contributed by atoms with Crippen LogP contribution in [0.1, 0.15) is 18.4 Å². The molecule has 3 rings (SSSR count). The quantitative estimate of drug-likeness (QED) is 0.835. The summed E-state index contributed by atoms with van der Waals surface area (Å²) in [5.74, 6) is 0. The van der Waals surface area contributed by atoms with Gasteiger partial charge in [-0.3, -0.25) is 9.58 Å². The monoisotopic (exact) mass is 268 g/mol. The predicted octanol–water partition coefficient (Wildman–Crippen LogP) is 2.46. The number of hydrogen-bond donors (Lipinski definition) is 0. The third-order valence-electron chi connectivity index (χ3n) is 3.81. The lowest BCUT2D eigenvalue weighted by Crippen LogP contribution is -2.33. The topological polar surface area (TPSA) is 34.0 Å². The molecule has 104 valence electrons. The second-order valence-electron chi connectivity index (χ2n) is 5.22. The lowest BCUT2D eigenvalue weighted by Gasteiger charge is -2.22. The summed E-state index contributed by atoms with van der Waals surface area (Å²) < 4.78 is 1.93. The molecule has 20 heavy (non-hydrogen) atoms. The zero-order valence-corrected chi connectivity index (χ0v) is 11.6. The van der Waals surface area contributed by atoms with Crippen molar-refractivity contribution in [1.82, 2.24) is 19.7 Å². The molecule has 0 N–H and O–H groups in total. The molecule has 1 aliphatic rings. The van der Waals surface area contributed by atoms with Crippen LogP contribution in [0.4, 0.5) is 0 Å². The van der Waals surface area contributed by atoms with E-state index >= 15 is 0 Å². The van der Waals surface area contributed by atoms with Crippen LogP contribution in [0.3, 0.4) is 0 Å². The Labute approximate surface area is 119 Å². The molecular formula is C16H20N4. The molecule has 2 heterocycles. The van der Waals surface area contributed by atoms with Gasteiger partial charge in [0.15, 0.2) is 0 Å².